The minimum atomic E-state index is 0.353. The first-order valence-electron chi connectivity index (χ1n) is 9.67. The molecule has 1 heterocycles. The van der Waals surface area contributed by atoms with E-state index in [9.17, 15) is 4.79 Å². The Labute approximate surface area is 171 Å². The number of aldehydes is 1. The van der Waals surface area contributed by atoms with Gasteiger partial charge in [-0.05, 0) is 36.3 Å². The molecule has 1 aromatic heterocycles. The number of pyridine rings is 1. The van der Waals surface area contributed by atoms with Crippen molar-refractivity contribution in [1.29, 1.82) is 0 Å². The Kier molecular flexibility index (Phi) is 7.69. The van der Waals surface area contributed by atoms with E-state index in [1.165, 1.54) is 18.4 Å². The molecule has 0 spiro atoms. The van der Waals surface area contributed by atoms with Crippen molar-refractivity contribution in [3.05, 3.63) is 52.7 Å². The summed E-state index contributed by atoms with van der Waals surface area (Å²) in [5.41, 5.74) is 1.63. The van der Waals surface area contributed by atoms with E-state index in [4.69, 9.17) is 25.8 Å². The summed E-state index contributed by atoms with van der Waals surface area (Å²) in [6.45, 7) is 1.37. The maximum atomic E-state index is 11.5. The lowest BCUT2D eigenvalue weighted by Crippen LogP contribution is -2.24. The van der Waals surface area contributed by atoms with Crippen LogP contribution in [0, 0.1) is 5.92 Å². The van der Waals surface area contributed by atoms with Crippen molar-refractivity contribution in [2.45, 2.75) is 31.6 Å². The van der Waals surface area contributed by atoms with Crippen LogP contribution in [0.2, 0.25) is 5.02 Å². The number of hydrogen-bond acceptors (Lipinski definition) is 5. The molecule has 2 aromatic rings. The molecule has 1 aliphatic carbocycles. The molecule has 0 N–H and O–H groups in total. The standard InChI is InChI=1S/C22H26ClNO4/c1-26-10-11-27-22-12-17(14-25)21(13-24-22)28-15-16-6-2-3-7-18(16)19-8-4-5-9-20(19)23/h4-5,8-9,12-14,16,18H,2-3,6-7,10-11,15H2,1H3. The van der Waals surface area contributed by atoms with E-state index < -0.39 is 0 Å². The summed E-state index contributed by atoms with van der Waals surface area (Å²) >= 11 is 6.44. The molecule has 1 fully saturated rings. The minimum absolute atomic E-state index is 0.353. The summed E-state index contributed by atoms with van der Waals surface area (Å²) in [5, 5.41) is 0.812. The lowest BCUT2D eigenvalue weighted by molar-refractivity contribution is 0.111. The maximum absolute atomic E-state index is 11.5. The molecule has 1 aromatic carbocycles. The predicted octanol–water partition coefficient (Wildman–Crippen LogP) is 4.93. The Balaban J connectivity index is 1.68. The fraction of sp³-hybridized carbons (Fsp3) is 0.455. The lowest BCUT2D eigenvalue weighted by Gasteiger charge is -2.32. The zero-order chi connectivity index (χ0) is 19.8. The van der Waals surface area contributed by atoms with E-state index in [-0.39, 0.29) is 0 Å². The van der Waals surface area contributed by atoms with Crippen molar-refractivity contribution in [2.75, 3.05) is 26.9 Å². The molecule has 0 radical (unpaired) electrons. The molecule has 3 rings (SSSR count). The highest BCUT2D eigenvalue weighted by Crippen LogP contribution is 2.40. The van der Waals surface area contributed by atoms with Gasteiger partial charge in [-0.1, -0.05) is 42.6 Å². The van der Waals surface area contributed by atoms with Crippen LogP contribution in [-0.2, 0) is 4.74 Å². The molecular formula is C22H26ClNO4. The number of methoxy groups -OCH3 is 1. The third-order valence-corrected chi connectivity index (χ3v) is 5.55. The van der Waals surface area contributed by atoms with E-state index in [1.54, 1.807) is 19.4 Å². The smallest absolute Gasteiger partial charge is 0.214 e. The highest BCUT2D eigenvalue weighted by atomic mass is 35.5. The molecular weight excluding hydrogens is 378 g/mol. The molecule has 0 aliphatic heterocycles. The Hall–Kier alpha value is -2.11. The Bertz CT molecular complexity index is 783. The maximum Gasteiger partial charge on any atom is 0.214 e. The first-order chi connectivity index (χ1) is 13.7. The number of halogens is 1. The van der Waals surface area contributed by atoms with Crippen LogP contribution in [0.3, 0.4) is 0 Å². The van der Waals surface area contributed by atoms with Gasteiger partial charge in [-0.2, -0.15) is 0 Å². The molecule has 0 bridgehead atoms. The molecule has 2 unspecified atom stereocenters. The van der Waals surface area contributed by atoms with Crippen LogP contribution in [0.5, 0.6) is 11.6 Å². The third-order valence-electron chi connectivity index (χ3n) is 5.20. The van der Waals surface area contributed by atoms with Crippen LogP contribution in [-0.4, -0.2) is 38.2 Å². The fourth-order valence-electron chi connectivity index (χ4n) is 3.75. The van der Waals surface area contributed by atoms with Crippen molar-refractivity contribution in [2.24, 2.45) is 5.92 Å². The largest absolute Gasteiger partial charge is 0.491 e. The van der Waals surface area contributed by atoms with Gasteiger partial charge in [-0.25, -0.2) is 4.98 Å². The Morgan fingerprint density at radius 3 is 2.79 bits per heavy atom. The highest BCUT2D eigenvalue weighted by Gasteiger charge is 2.28. The second-order valence-electron chi connectivity index (χ2n) is 7.00. The van der Waals surface area contributed by atoms with E-state index >= 15 is 0 Å². The van der Waals surface area contributed by atoms with Crippen LogP contribution in [0.15, 0.2) is 36.5 Å². The summed E-state index contributed by atoms with van der Waals surface area (Å²) in [6, 6.07) is 9.64. The zero-order valence-corrected chi connectivity index (χ0v) is 16.9. The summed E-state index contributed by atoms with van der Waals surface area (Å²) in [5.74, 6) is 1.59. The summed E-state index contributed by atoms with van der Waals surface area (Å²) < 4.78 is 16.4. The van der Waals surface area contributed by atoms with Gasteiger partial charge >= 0.3 is 0 Å². The average molecular weight is 404 g/mol. The number of rotatable bonds is 9. The Morgan fingerprint density at radius 1 is 1.18 bits per heavy atom. The molecule has 6 heteroatoms. The first-order valence-corrected chi connectivity index (χ1v) is 10.0. The number of carbonyl (C=O) groups excluding carboxylic acids is 1. The highest BCUT2D eigenvalue weighted by molar-refractivity contribution is 6.31. The van der Waals surface area contributed by atoms with Crippen LogP contribution >= 0.6 is 11.6 Å². The fourth-order valence-corrected chi connectivity index (χ4v) is 4.02. The zero-order valence-electron chi connectivity index (χ0n) is 16.1. The quantitative estimate of drug-likeness (QED) is 0.439. The Morgan fingerprint density at radius 2 is 2.00 bits per heavy atom. The van der Waals surface area contributed by atoms with Gasteiger partial charge in [0.05, 0.1) is 25.0 Å². The number of ether oxygens (including phenoxy) is 3. The number of benzene rings is 1. The first kappa shape index (κ1) is 20.6. The molecule has 1 aliphatic rings. The second-order valence-corrected chi connectivity index (χ2v) is 7.41. The van der Waals surface area contributed by atoms with E-state index in [0.717, 1.165) is 24.2 Å². The van der Waals surface area contributed by atoms with Crippen LogP contribution in [0.25, 0.3) is 0 Å². The molecule has 150 valence electrons. The number of carbonyl (C=O) groups is 1. The molecule has 0 amide bonds. The van der Waals surface area contributed by atoms with Gasteiger partial charge in [-0.3, -0.25) is 4.79 Å². The third kappa shape index (κ3) is 5.24. The van der Waals surface area contributed by atoms with Gasteiger partial charge < -0.3 is 14.2 Å². The summed E-state index contributed by atoms with van der Waals surface area (Å²) in [6.07, 6.45) is 6.88. The van der Waals surface area contributed by atoms with Crippen molar-refractivity contribution in [3.8, 4) is 11.6 Å². The van der Waals surface area contributed by atoms with E-state index in [1.807, 2.05) is 18.2 Å². The molecule has 5 nitrogen and oxygen atoms in total. The average Bonchev–Trinajstić information content (AvgIpc) is 2.73. The van der Waals surface area contributed by atoms with Crippen LogP contribution in [0.1, 0.15) is 47.5 Å². The lowest BCUT2D eigenvalue weighted by atomic mass is 9.76. The monoisotopic (exact) mass is 403 g/mol. The van der Waals surface area contributed by atoms with Gasteiger partial charge in [-0.15, -0.1) is 0 Å². The van der Waals surface area contributed by atoms with Crippen LogP contribution < -0.4 is 9.47 Å². The molecule has 2 atom stereocenters. The summed E-state index contributed by atoms with van der Waals surface area (Å²) in [7, 11) is 1.60. The van der Waals surface area contributed by atoms with Crippen molar-refractivity contribution < 1.29 is 19.0 Å². The molecule has 28 heavy (non-hydrogen) atoms. The van der Waals surface area contributed by atoms with Gasteiger partial charge in [0.25, 0.3) is 0 Å². The van der Waals surface area contributed by atoms with Gasteiger partial charge in [0.1, 0.15) is 12.4 Å². The topological polar surface area (TPSA) is 57.7 Å². The van der Waals surface area contributed by atoms with Gasteiger partial charge in [0.15, 0.2) is 6.29 Å². The van der Waals surface area contributed by atoms with E-state index in [0.29, 0.717) is 48.8 Å². The van der Waals surface area contributed by atoms with Gasteiger partial charge in [0, 0.05) is 18.2 Å². The van der Waals surface area contributed by atoms with Crippen molar-refractivity contribution in [1.82, 2.24) is 4.98 Å². The van der Waals surface area contributed by atoms with Crippen molar-refractivity contribution in [3.63, 3.8) is 0 Å². The normalized spacial score (nSPS) is 19.2. The van der Waals surface area contributed by atoms with Gasteiger partial charge in [0.2, 0.25) is 5.88 Å². The number of hydrogen-bond donors (Lipinski definition) is 0. The predicted molar refractivity (Wildman–Crippen MR) is 109 cm³/mol. The summed E-state index contributed by atoms with van der Waals surface area (Å²) in [4.78, 5) is 15.7. The van der Waals surface area contributed by atoms with Crippen molar-refractivity contribution >= 4 is 17.9 Å². The molecule has 0 saturated heterocycles. The second kappa shape index (κ2) is 10.4. The number of nitrogens with zero attached hydrogens (tertiary/aromatic N) is 1. The van der Waals surface area contributed by atoms with Crippen LogP contribution in [0.4, 0.5) is 0 Å². The number of aromatic nitrogens is 1. The minimum Gasteiger partial charge on any atom is -0.491 e. The van der Waals surface area contributed by atoms with E-state index in [2.05, 4.69) is 11.1 Å². The molecule has 1 saturated carbocycles. The SMILES string of the molecule is COCCOc1cc(C=O)c(OCC2CCCCC2c2ccccc2Cl)cn1.